The van der Waals surface area contributed by atoms with Crippen molar-refractivity contribution in [2.45, 2.75) is 12.5 Å². The SMILES string of the molecule is COc1ccc(-c2csc(C(=O)N[C@@H](CC(N)=O)C(=O)NC3=CC(N)=CC(N)=CC=C3)c2)cc1. The van der Waals surface area contributed by atoms with Gasteiger partial charge in [0.1, 0.15) is 11.8 Å². The number of hydrogen-bond acceptors (Lipinski definition) is 7. The second-order valence-electron chi connectivity index (χ2n) is 7.38. The summed E-state index contributed by atoms with van der Waals surface area (Å²) in [5.74, 6) is -1.12. The molecule has 0 spiro atoms. The Bertz CT molecular complexity index is 1210. The van der Waals surface area contributed by atoms with Gasteiger partial charge in [-0.3, -0.25) is 14.4 Å². The quantitative estimate of drug-likeness (QED) is 0.387. The number of hydrogen-bond donors (Lipinski definition) is 5. The number of amides is 3. The molecule has 9 nitrogen and oxygen atoms in total. The summed E-state index contributed by atoms with van der Waals surface area (Å²) in [5.41, 5.74) is 19.8. The number of carbonyl (C=O) groups excluding carboxylic acids is 3. The van der Waals surface area contributed by atoms with E-state index in [0.29, 0.717) is 22.0 Å². The first-order valence-electron chi connectivity index (χ1n) is 10.2. The van der Waals surface area contributed by atoms with E-state index in [0.717, 1.165) is 16.9 Å². The summed E-state index contributed by atoms with van der Waals surface area (Å²) in [6.45, 7) is 0. The highest BCUT2D eigenvalue weighted by atomic mass is 32.1. The highest BCUT2D eigenvalue weighted by Crippen LogP contribution is 2.27. The van der Waals surface area contributed by atoms with Gasteiger partial charge in [-0.25, -0.2) is 0 Å². The van der Waals surface area contributed by atoms with Crippen LogP contribution >= 0.6 is 11.3 Å². The predicted molar refractivity (Wildman–Crippen MR) is 131 cm³/mol. The number of primary amides is 1. The zero-order valence-electron chi connectivity index (χ0n) is 18.4. The van der Waals surface area contributed by atoms with E-state index >= 15 is 0 Å². The zero-order chi connectivity index (χ0) is 24.7. The van der Waals surface area contributed by atoms with Gasteiger partial charge in [-0.15, -0.1) is 11.3 Å². The van der Waals surface area contributed by atoms with Gasteiger partial charge in [0.25, 0.3) is 5.91 Å². The van der Waals surface area contributed by atoms with Crippen molar-refractivity contribution in [1.29, 1.82) is 0 Å². The van der Waals surface area contributed by atoms with Crippen molar-refractivity contribution in [2.75, 3.05) is 7.11 Å². The van der Waals surface area contributed by atoms with Gasteiger partial charge < -0.3 is 32.6 Å². The van der Waals surface area contributed by atoms with Crippen LogP contribution in [-0.2, 0) is 9.59 Å². The van der Waals surface area contributed by atoms with E-state index in [2.05, 4.69) is 10.6 Å². The van der Waals surface area contributed by atoms with E-state index in [1.165, 1.54) is 23.5 Å². The lowest BCUT2D eigenvalue weighted by molar-refractivity contribution is -0.126. The first kappa shape index (κ1) is 24.3. The number of benzene rings is 1. The highest BCUT2D eigenvalue weighted by molar-refractivity contribution is 7.12. The van der Waals surface area contributed by atoms with Crippen LogP contribution in [-0.4, -0.2) is 30.9 Å². The molecule has 1 aromatic carbocycles. The Morgan fingerprint density at radius 2 is 1.79 bits per heavy atom. The molecule has 3 amide bonds. The van der Waals surface area contributed by atoms with Crippen molar-refractivity contribution in [2.24, 2.45) is 17.2 Å². The van der Waals surface area contributed by atoms with Crippen molar-refractivity contribution >= 4 is 29.1 Å². The number of rotatable bonds is 8. The van der Waals surface area contributed by atoms with Crippen LogP contribution in [0.1, 0.15) is 16.1 Å². The Kier molecular flexibility index (Phi) is 7.88. The van der Waals surface area contributed by atoms with Gasteiger partial charge in [-0.05, 0) is 59.0 Å². The first-order chi connectivity index (χ1) is 16.2. The minimum Gasteiger partial charge on any atom is -0.497 e. The molecule has 0 radical (unpaired) electrons. The summed E-state index contributed by atoms with van der Waals surface area (Å²) >= 11 is 1.22. The lowest BCUT2D eigenvalue weighted by atomic mass is 10.1. The van der Waals surface area contributed by atoms with Gasteiger partial charge >= 0.3 is 0 Å². The molecule has 1 heterocycles. The van der Waals surface area contributed by atoms with E-state index in [4.69, 9.17) is 21.9 Å². The topological polar surface area (TPSA) is 163 Å². The van der Waals surface area contributed by atoms with Crippen LogP contribution in [0.3, 0.4) is 0 Å². The lowest BCUT2D eigenvalue weighted by Gasteiger charge is -2.17. The summed E-state index contributed by atoms with van der Waals surface area (Å²) < 4.78 is 5.16. The molecular formula is C24H25N5O4S. The summed E-state index contributed by atoms with van der Waals surface area (Å²) in [6, 6.07) is 7.94. The predicted octanol–water partition coefficient (Wildman–Crippen LogP) is 1.65. The number of nitrogens with two attached hydrogens (primary N) is 3. The van der Waals surface area contributed by atoms with Crippen LogP contribution in [0, 0.1) is 0 Å². The Labute approximate surface area is 200 Å². The Morgan fingerprint density at radius 3 is 2.47 bits per heavy atom. The summed E-state index contributed by atoms with van der Waals surface area (Å²) in [6.07, 6.45) is 7.52. The van der Waals surface area contributed by atoms with Gasteiger partial charge in [0, 0.05) is 17.1 Å². The Morgan fingerprint density at radius 1 is 1.06 bits per heavy atom. The molecule has 1 aromatic heterocycles. The van der Waals surface area contributed by atoms with Crippen molar-refractivity contribution in [3.05, 3.63) is 88.1 Å². The van der Waals surface area contributed by atoms with Crippen LogP contribution in [0.4, 0.5) is 0 Å². The molecule has 3 rings (SSSR count). The largest absolute Gasteiger partial charge is 0.497 e. The number of methoxy groups -OCH3 is 1. The first-order valence-corrected chi connectivity index (χ1v) is 11.1. The van der Waals surface area contributed by atoms with Gasteiger partial charge in [0.05, 0.1) is 18.4 Å². The summed E-state index contributed by atoms with van der Waals surface area (Å²) in [7, 11) is 1.59. The van der Waals surface area contributed by atoms with Crippen LogP contribution in [0.5, 0.6) is 5.75 Å². The number of ether oxygens (including phenoxy) is 1. The molecule has 1 aliphatic rings. The van der Waals surface area contributed by atoms with Crippen molar-refractivity contribution in [3.8, 4) is 16.9 Å². The fourth-order valence-corrected chi connectivity index (χ4v) is 3.93. The molecule has 34 heavy (non-hydrogen) atoms. The average molecular weight is 480 g/mol. The molecule has 0 saturated carbocycles. The fraction of sp³-hybridized carbons (Fsp3) is 0.125. The lowest BCUT2D eigenvalue weighted by Crippen LogP contribution is -2.48. The van der Waals surface area contributed by atoms with Gasteiger partial charge in [0.15, 0.2) is 0 Å². The molecule has 2 aromatic rings. The second-order valence-corrected chi connectivity index (χ2v) is 8.29. The molecule has 0 saturated heterocycles. The van der Waals surface area contributed by atoms with Gasteiger partial charge in [-0.2, -0.15) is 0 Å². The van der Waals surface area contributed by atoms with E-state index < -0.39 is 23.8 Å². The van der Waals surface area contributed by atoms with Gasteiger partial charge in [0.2, 0.25) is 11.8 Å². The number of carbonyl (C=O) groups is 3. The second kappa shape index (κ2) is 11.0. The van der Waals surface area contributed by atoms with E-state index in [9.17, 15) is 14.4 Å². The number of thiophene rings is 1. The maximum absolute atomic E-state index is 12.9. The maximum Gasteiger partial charge on any atom is 0.262 e. The standard InChI is InChI=1S/C24H25N5O4S/c1-33-19-7-5-14(6-8-19)15-9-21(34-13-15)24(32)29-20(12-22(27)30)23(31)28-18-4-2-3-16(25)10-17(26)11-18/h2-11,13,20H,12,25-26H2,1H3,(H2,27,30)(H,28,31)(H,29,32)/t20-/m0/s1. The Balaban J connectivity index is 1.72. The summed E-state index contributed by atoms with van der Waals surface area (Å²) in [4.78, 5) is 37.6. The minimum absolute atomic E-state index is 0.327. The molecule has 1 atom stereocenters. The van der Waals surface area contributed by atoms with Crippen molar-refractivity contribution < 1.29 is 19.1 Å². The monoisotopic (exact) mass is 479 g/mol. The van der Waals surface area contributed by atoms with E-state index in [1.807, 2.05) is 29.6 Å². The van der Waals surface area contributed by atoms with Crippen molar-refractivity contribution in [3.63, 3.8) is 0 Å². The maximum atomic E-state index is 12.9. The van der Waals surface area contributed by atoms with Crippen LogP contribution in [0.25, 0.3) is 11.1 Å². The van der Waals surface area contributed by atoms with Crippen molar-refractivity contribution in [1.82, 2.24) is 10.6 Å². The van der Waals surface area contributed by atoms with Crippen LogP contribution in [0.15, 0.2) is 83.2 Å². The molecule has 8 N–H and O–H groups in total. The average Bonchev–Trinajstić information content (AvgIpc) is 3.27. The van der Waals surface area contributed by atoms with Crippen LogP contribution < -0.4 is 32.6 Å². The molecule has 176 valence electrons. The summed E-state index contributed by atoms with van der Waals surface area (Å²) in [5, 5.41) is 7.07. The molecular weight excluding hydrogens is 454 g/mol. The molecule has 0 fully saturated rings. The fourth-order valence-electron chi connectivity index (χ4n) is 3.11. The third-order valence-corrected chi connectivity index (χ3v) is 5.69. The molecule has 0 bridgehead atoms. The smallest absolute Gasteiger partial charge is 0.262 e. The molecule has 10 heteroatoms. The zero-order valence-corrected chi connectivity index (χ0v) is 19.2. The van der Waals surface area contributed by atoms with E-state index in [-0.39, 0.29) is 6.42 Å². The minimum atomic E-state index is -1.18. The number of allylic oxidation sites excluding steroid dienone is 5. The normalized spacial score (nSPS) is 14.0. The van der Waals surface area contributed by atoms with E-state index in [1.54, 1.807) is 31.4 Å². The number of nitrogens with one attached hydrogen (secondary N) is 2. The van der Waals surface area contributed by atoms with Gasteiger partial charge in [-0.1, -0.05) is 18.2 Å². The molecule has 0 aliphatic heterocycles. The molecule has 0 unspecified atom stereocenters. The van der Waals surface area contributed by atoms with Crippen LogP contribution in [0.2, 0.25) is 0 Å². The Hall–Kier alpha value is -4.31. The highest BCUT2D eigenvalue weighted by Gasteiger charge is 2.24. The molecule has 1 aliphatic carbocycles. The third-order valence-electron chi connectivity index (χ3n) is 4.76. The third kappa shape index (κ3) is 6.59.